The van der Waals surface area contributed by atoms with Gasteiger partial charge in [0.15, 0.2) is 17.1 Å². The third kappa shape index (κ3) is 4.23. The summed E-state index contributed by atoms with van der Waals surface area (Å²) >= 11 is 0. The van der Waals surface area contributed by atoms with Crippen LogP contribution in [-0.4, -0.2) is 17.7 Å². The molecule has 1 aromatic heterocycles. The summed E-state index contributed by atoms with van der Waals surface area (Å²) < 4.78 is 16.2. The third-order valence-electron chi connectivity index (χ3n) is 3.98. The molecule has 6 heteroatoms. The standard InChI is InChI=1S/C22H20O6/c1-2-3-4-8-14-26-17-13-9-12-16-19(17)27-22(25)18(23)20(16)28-21(24)15-10-6-5-7-11-15/h3-7,9-13,23H,2,8,14H2,1H3/b4-3+. The van der Waals surface area contributed by atoms with E-state index in [0.29, 0.717) is 24.3 Å². The van der Waals surface area contributed by atoms with Crippen molar-refractivity contribution < 1.29 is 23.8 Å². The smallest absolute Gasteiger partial charge is 0.382 e. The van der Waals surface area contributed by atoms with Crippen LogP contribution in [0.15, 0.2) is 69.9 Å². The molecule has 0 amide bonds. The zero-order valence-electron chi connectivity index (χ0n) is 15.4. The van der Waals surface area contributed by atoms with E-state index in [4.69, 9.17) is 13.9 Å². The average Bonchev–Trinajstić information content (AvgIpc) is 2.72. The topological polar surface area (TPSA) is 86.0 Å². The van der Waals surface area contributed by atoms with Gasteiger partial charge in [0.25, 0.3) is 0 Å². The molecule has 0 bridgehead atoms. The van der Waals surface area contributed by atoms with Crippen molar-refractivity contribution in [3.05, 3.63) is 76.7 Å². The van der Waals surface area contributed by atoms with Crippen molar-refractivity contribution in [2.24, 2.45) is 0 Å². The van der Waals surface area contributed by atoms with E-state index >= 15 is 0 Å². The SMILES string of the molecule is CC/C=C/CCOc1cccc2c(OC(=O)c3ccccc3)c(O)c(=O)oc12. The second-order valence-corrected chi connectivity index (χ2v) is 5.97. The number of hydrogen-bond donors (Lipinski definition) is 1. The maximum atomic E-state index is 12.4. The second-order valence-electron chi connectivity index (χ2n) is 5.97. The van der Waals surface area contributed by atoms with Crippen LogP contribution in [-0.2, 0) is 0 Å². The Morgan fingerprint density at radius 2 is 1.89 bits per heavy atom. The molecule has 2 aromatic carbocycles. The van der Waals surface area contributed by atoms with E-state index in [0.717, 1.165) is 6.42 Å². The largest absolute Gasteiger partial charge is 0.499 e. The Balaban J connectivity index is 1.95. The number of ether oxygens (including phenoxy) is 2. The minimum absolute atomic E-state index is 0.112. The first kappa shape index (κ1) is 19.2. The molecule has 1 N–H and O–H groups in total. The number of fused-ring (bicyclic) bond motifs is 1. The maximum absolute atomic E-state index is 12.4. The molecule has 6 nitrogen and oxygen atoms in total. The molecule has 0 fully saturated rings. The van der Waals surface area contributed by atoms with E-state index < -0.39 is 17.3 Å². The number of hydrogen-bond acceptors (Lipinski definition) is 6. The van der Waals surface area contributed by atoms with Crippen molar-refractivity contribution in [2.75, 3.05) is 6.61 Å². The van der Waals surface area contributed by atoms with Gasteiger partial charge in [-0.1, -0.05) is 43.3 Å². The molecule has 0 spiro atoms. The van der Waals surface area contributed by atoms with E-state index in [1.54, 1.807) is 48.5 Å². The molecule has 0 saturated carbocycles. The Morgan fingerprint density at radius 3 is 2.64 bits per heavy atom. The monoisotopic (exact) mass is 380 g/mol. The Morgan fingerprint density at radius 1 is 1.11 bits per heavy atom. The number of benzene rings is 2. The summed E-state index contributed by atoms with van der Waals surface area (Å²) in [5.41, 5.74) is -0.607. The van der Waals surface area contributed by atoms with Gasteiger partial charge in [-0.05, 0) is 37.1 Å². The number of carbonyl (C=O) groups excluding carboxylic acids is 1. The minimum atomic E-state index is -1.01. The van der Waals surface area contributed by atoms with Gasteiger partial charge >= 0.3 is 11.6 Å². The highest BCUT2D eigenvalue weighted by Gasteiger charge is 2.21. The predicted molar refractivity (Wildman–Crippen MR) is 105 cm³/mol. The highest BCUT2D eigenvalue weighted by molar-refractivity contribution is 5.96. The van der Waals surface area contributed by atoms with E-state index in [1.165, 1.54) is 0 Å². The molecule has 0 aliphatic carbocycles. The lowest BCUT2D eigenvalue weighted by Gasteiger charge is -2.11. The average molecular weight is 380 g/mol. The van der Waals surface area contributed by atoms with Crippen LogP contribution in [0.2, 0.25) is 0 Å². The summed E-state index contributed by atoms with van der Waals surface area (Å²) in [6.45, 7) is 2.43. The number of rotatable bonds is 7. The van der Waals surface area contributed by atoms with E-state index in [-0.39, 0.29) is 16.7 Å². The summed E-state index contributed by atoms with van der Waals surface area (Å²) in [4.78, 5) is 24.4. The zero-order chi connectivity index (χ0) is 19.9. The van der Waals surface area contributed by atoms with Crippen LogP contribution in [0.4, 0.5) is 0 Å². The van der Waals surface area contributed by atoms with Gasteiger partial charge in [0.05, 0.1) is 17.6 Å². The number of esters is 1. The fourth-order valence-electron chi connectivity index (χ4n) is 2.63. The van der Waals surface area contributed by atoms with Crippen molar-refractivity contribution in [2.45, 2.75) is 19.8 Å². The first-order valence-electron chi connectivity index (χ1n) is 8.95. The van der Waals surface area contributed by atoms with E-state index in [1.807, 2.05) is 19.1 Å². The third-order valence-corrected chi connectivity index (χ3v) is 3.98. The Kier molecular flexibility index (Phi) is 6.11. The highest BCUT2D eigenvalue weighted by Crippen LogP contribution is 2.36. The van der Waals surface area contributed by atoms with Gasteiger partial charge in [-0.25, -0.2) is 9.59 Å². The Bertz CT molecular complexity index is 1050. The van der Waals surface area contributed by atoms with Gasteiger partial charge in [-0.2, -0.15) is 0 Å². The fraction of sp³-hybridized carbons (Fsp3) is 0.182. The van der Waals surface area contributed by atoms with Crippen molar-refractivity contribution in [1.29, 1.82) is 0 Å². The summed E-state index contributed by atoms with van der Waals surface area (Å²) in [7, 11) is 0. The molecular weight excluding hydrogens is 360 g/mol. The van der Waals surface area contributed by atoms with E-state index in [9.17, 15) is 14.7 Å². The molecule has 0 unspecified atom stereocenters. The molecule has 0 aliphatic heterocycles. The number of para-hydroxylation sites is 1. The molecule has 0 aliphatic rings. The van der Waals surface area contributed by atoms with Crippen LogP contribution < -0.4 is 15.1 Å². The van der Waals surface area contributed by atoms with Gasteiger partial charge in [-0.3, -0.25) is 0 Å². The minimum Gasteiger partial charge on any atom is -0.499 e. The first-order valence-corrected chi connectivity index (χ1v) is 8.95. The van der Waals surface area contributed by atoms with Gasteiger partial charge in [-0.15, -0.1) is 0 Å². The van der Waals surface area contributed by atoms with Crippen molar-refractivity contribution in [3.8, 4) is 17.2 Å². The molecule has 144 valence electrons. The quantitative estimate of drug-likeness (QED) is 0.282. The first-order chi connectivity index (χ1) is 13.6. The summed E-state index contributed by atoms with van der Waals surface area (Å²) in [6.07, 6.45) is 5.67. The normalized spacial score (nSPS) is 11.0. The fourth-order valence-corrected chi connectivity index (χ4v) is 2.63. The molecule has 3 aromatic rings. The Hall–Kier alpha value is -3.54. The number of aromatic hydroxyl groups is 1. The van der Waals surface area contributed by atoms with E-state index in [2.05, 4.69) is 0 Å². The molecule has 1 heterocycles. The summed E-state index contributed by atoms with van der Waals surface area (Å²) in [5, 5.41) is 10.4. The lowest BCUT2D eigenvalue weighted by atomic mass is 10.2. The molecule has 0 saturated heterocycles. The molecule has 3 rings (SSSR count). The van der Waals surface area contributed by atoms with Crippen LogP contribution in [0, 0.1) is 0 Å². The molecule has 28 heavy (non-hydrogen) atoms. The van der Waals surface area contributed by atoms with Gasteiger partial charge < -0.3 is 19.0 Å². The van der Waals surface area contributed by atoms with Crippen molar-refractivity contribution in [1.82, 2.24) is 0 Å². The van der Waals surface area contributed by atoms with Crippen molar-refractivity contribution in [3.63, 3.8) is 0 Å². The van der Waals surface area contributed by atoms with Crippen LogP contribution in [0.1, 0.15) is 30.1 Å². The Labute approximate surface area is 161 Å². The number of carbonyl (C=O) groups is 1. The molecular formula is C22H20O6. The molecule has 0 atom stereocenters. The maximum Gasteiger partial charge on any atom is 0.382 e. The van der Waals surface area contributed by atoms with Crippen molar-refractivity contribution >= 4 is 16.9 Å². The predicted octanol–water partition coefficient (Wildman–Crippen LogP) is 4.45. The summed E-state index contributed by atoms with van der Waals surface area (Å²) in [6, 6.07) is 13.2. The van der Waals surface area contributed by atoms with Crippen LogP contribution in [0.3, 0.4) is 0 Å². The summed E-state index contributed by atoms with van der Waals surface area (Å²) in [5.74, 6) is -1.38. The molecule has 0 radical (unpaired) electrons. The second kappa shape index (κ2) is 8.90. The van der Waals surface area contributed by atoms with Gasteiger partial charge in [0.2, 0.25) is 5.75 Å². The lowest BCUT2D eigenvalue weighted by molar-refractivity contribution is 0.0731. The van der Waals surface area contributed by atoms with Crippen LogP contribution >= 0.6 is 0 Å². The highest BCUT2D eigenvalue weighted by atomic mass is 16.5. The van der Waals surface area contributed by atoms with Crippen LogP contribution in [0.25, 0.3) is 11.0 Å². The number of allylic oxidation sites excluding steroid dienone is 1. The lowest BCUT2D eigenvalue weighted by Crippen LogP contribution is -2.11. The van der Waals surface area contributed by atoms with Gasteiger partial charge in [0.1, 0.15) is 0 Å². The zero-order valence-corrected chi connectivity index (χ0v) is 15.4. The van der Waals surface area contributed by atoms with Gasteiger partial charge in [0, 0.05) is 0 Å². The van der Waals surface area contributed by atoms with Crippen LogP contribution in [0.5, 0.6) is 17.2 Å².